The van der Waals surface area contributed by atoms with Gasteiger partial charge in [-0.1, -0.05) is 6.42 Å². The molecule has 1 aliphatic rings. The van der Waals surface area contributed by atoms with E-state index in [1.54, 1.807) is 6.07 Å². The third kappa shape index (κ3) is 2.90. The van der Waals surface area contributed by atoms with Crippen LogP contribution in [0.4, 0.5) is 0 Å². The Kier molecular flexibility index (Phi) is 4.04. The third-order valence-electron chi connectivity index (χ3n) is 3.79. The Hall–Kier alpha value is -0.520. The van der Waals surface area contributed by atoms with Crippen LogP contribution in [0.3, 0.4) is 0 Å². The van der Waals surface area contributed by atoms with Gasteiger partial charge in [0.1, 0.15) is 9.84 Å². The predicted octanol–water partition coefficient (Wildman–Crippen LogP) is 2.54. The zero-order valence-electron chi connectivity index (χ0n) is 10.3. The second kappa shape index (κ2) is 5.23. The molecule has 4 nitrogen and oxygen atoms in total. The summed E-state index contributed by atoms with van der Waals surface area (Å²) in [6, 6.07) is 1.51. The minimum atomic E-state index is -2.98. The van der Waals surface area contributed by atoms with E-state index in [4.69, 9.17) is 21.8 Å². The molecule has 6 heteroatoms. The fourth-order valence-electron chi connectivity index (χ4n) is 2.69. The van der Waals surface area contributed by atoms with Gasteiger partial charge in [0.15, 0.2) is 5.22 Å². The summed E-state index contributed by atoms with van der Waals surface area (Å²) >= 11 is 5.92. The molecule has 1 aromatic heterocycles. The lowest BCUT2D eigenvalue weighted by Crippen LogP contribution is -2.32. The molecule has 1 aliphatic carbocycles. The van der Waals surface area contributed by atoms with Crippen molar-refractivity contribution in [2.75, 3.05) is 6.26 Å². The summed E-state index contributed by atoms with van der Waals surface area (Å²) in [7, 11) is -2.98. The van der Waals surface area contributed by atoms with Gasteiger partial charge < -0.3 is 10.2 Å². The molecule has 0 saturated heterocycles. The van der Waals surface area contributed by atoms with Crippen LogP contribution in [0.5, 0.6) is 0 Å². The lowest BCUT2D eigenvalue weighted by atomic mass is 9.82. The van der Waals surface area contributed by atoms with Gasteiger partial charge in [-0.05, 0) is 42.8 Å². The van der Waals surface area contributed by atoms with Gasteiger partial charge >= 0.3 is 0 Å². The van der Waals surface area contributed by atoms with Crippen LogP contribution >= 0.6 is 11.6 Å². The zero-order valence-corrected chi connectivity index (χ0v) is 11.9. The molecule has 1 saturated carbocycles. The number of furan rings is 1. The Bertz CT molecular complexity index is 511. The minimum absolute atomic E-state index is 0.147. The Labute approximate surface area is 112 Å². The summed E-state index contributed by atoms with van der Waals surface area (Å²) in [4.78, 5) is 0. The molecule has 0 bridgehead atoms. The van der Waals surface area contributed by atoms with Crippen LogP contribution in [-0.2, 0) is 9.84 Å². The van der Waals surface area contributed by atoms with Gasteiger partial charge in [0.25, 0.3) is 0 Å². The van der Waals surface area contributed by atoms with Gasteiger partial charge in [-0.25, -0.2) is 8.42 Å². The first kappa shape index (κ1) is 13.9. The number of sulfone groups is 1. The topological polar surface area (TPSA) is 73.3 Å². The van der Waals surface area contributed by atoms with Gasteiger partial charge in [-0.3, -0.25) is 0 Å². The van der Waals surface area contributed by atoms with Crippen LogP contribution in [0.1, 0.15) is 37.3 Å². The molecule has 2 N–H and O–H groups in total. The van der Waals surface area contributed by atoms with Crippen molar-refractivity contribution in [1.29, 1.82) is 0 Å². The number of halogens is 1. The molecule has 1 fully saturated rings. The number of hydrogen-bond donors (Lipinski definition) is 1. The summed E-state index contributed by atoms with van der Waals surface area (Å²) in [6.45, 7) is 0. The normalized spacial score (nSPS) is 27.1. The molecule has 0 radical (unpaired) electrons. The highest BCUT2D eigenvalue weighted by atomic mass is 35.5. The first-order valence-corrected chi connectivity index (χ1v) is 8.40. The van der Waals surface area contributed by atoms with Crippen molar-refractivity contribution >= 4 is 21.4 Å². The molecule has 3 unspecified atom stereocenters. The van der Waals surface area contributed by atoms with E-state index in [0.717, 1.165) is 24.8 Å². The van der Waals surface area contributed by atoms with Gasteiger partial charge in [-0.15, -0.1) is 0 Å². The van der Waals surface area contributed by atoms with E-state index in [2.05, 4.69) is 0 Å². The fraction of sp³-hybridized carbons (Fsp3) is 0.667. The largest absolute Gasteiger partial charge is 0.453 e. The summed E-state index contributed by atoms with van der Waals surface area (Å²) in [5.41, 5.74) is 6.96. The van der Waals surface area contributed by atoms with E-state index in [1.807, 2.05) is 0 Å². The summed E-state index contributed by atoms with van der Waals surface area (Å²) in [5, 5.41) is 0.0388. The van der Waals surface area contributed by atoms with Crippen LogP contribution in [0.15, 0.2) is 16.7 Å². The van der Waals surface area contributed by atoms with E-state index >= 15 is 0 Å². The highest BCUT2D eigenvalue weighted by Crippen LogP contribution is 2.37. The Morgan fingerprint density at radius 2 is 2.22 bits per heavy atom. The SMILES string of the molecule is CS(=O)(=O)C1CCCC(C(N)c2ccoc2Cl)C1. The Balaban J connectivity index is 2.12. The molecule has 0 aromatic carbocycles. The standard InChI is InChI=1S/C12H18ClNO3S/c1-18(15,16)9-4-2-3-8(7-9)11(14)10-5-6-17-12(10)13/h5-6,8-9,11H,2-4,7,14H2,1H3. The van der Waals surface area contributed by atoms with Crippen LogP contribution in [0.25, 0.3) is 0 Å². The smallest absolute Gasteiger partial charge is 0.197 e. The van der Waals surface area contributed by atoms with Crippen molar-refractivity contribution in [1.82, 2.24) is 0 Å². The van der Waals surface area contributed by atoms with Crippen molar-refractivity contribution in [3.05, 3.63) is 23.1 Å². The minimum Gasteiger partial charge on any atom is -0.453 e. The number of rotatable bonds is 3. The van der Waals surface area contributed by atoms with Crippen LogP contribution in [-0.4, -0.2) is 19.9 Å². The molecule has 0 aliphatic heterocycles. The average molecular weight is 292 g/mol. The van der Waals surface area contributed by atoms with Crippen LogP contribution in [0.2, 0.25) is 5.22 Å². The van der Waals surface area contributed by atoms with E-state index < -0.39 is 9.84 Å². The lowest BCUT2D eigenvalue weighted by Gasteiger charge is -2.31. The van der Waals surface area contributed by atoms with Gasteiger partial charge in [0.2, 0.25) is 0 Å². The number of nitrogens with two attached hydrogens (primary N) is 1. The van der Waals surface area contributed by atoms with Gasteiger partial charge in [-0.2, -0.15) is 0 Å². The van der Waals surface area contributed by atoms with Crippen molar-refractivity contribution in [2.45, 2.75) is 37.0 Å². The first-order chi connectivity index (χ1) is 8.39. The quantitative estimate of drug-likeness (QED) is 0.929. The molecule has 3 atom stereocenters. The lowest BCUT2D eigenvalue weighted by molar-refractivity contribution is 0.308. The van der Waals surface area contributed by atoms with Gasteiger partial charge in [0.05, 0.1) is 11.5 Å². The number of hydrogen-bond acceptors (Lipinski definition) is 4. The molecule has 2 rings (SSSR count). The van der Waals surface area contributed by atoms with E-state index in [1.165, 1.54) is 12.5 Å². The second-order valence-electron chi connectivity index (χ2n) is 5.05. The van der Waals surface area contributed by atoms with Crippen molar-refractivity contribution in [3.63, 3.8) is 0 Å². The van der Waals surface area contributed by atoms with Crippen LogP contribution in [0, 0.1) is 5.92 Å². The van der Waals surface area contributed by atoms with Crippen LogP contribution < -0.4 is 5.73 Å². The van der Waals surface area contributed by atoms with Gasteiger partial charge in [0, 0.05) is 17.9 Å². The maximum Gasteiger partial charge on any atom is 0.197 e. The van der Waals surface area contributed by atoms with Crippen molar-refractivity contribution in [3.8, 4) is 0 Å². The summed E-state index contributed by atoms with van der Waals surface area (Å²) in [5.74, 6) is 0.147. The average Bonchev–Trinajstić information content (AvgIpc) is 2.73. The Morgan fingerprint density at radius 3 is 2.78 bits per heavy atom. The maximum absolute atomic E-state index is 11.6. The summed E-state index contributed by atoms with van der Waals surface area (Å²) < 4.78 is 28.3. The Morgan fingerprint density at radius 1 is 1.50 bits per heavy atom. The first-order valence-electron chi connectivity index (χ1n) is 6.07. The zero-order chi connectivity index (χ0) is 13.3. The second-order valence-corrected chi connectivity index (χ2v) is 7.72. The predicted molar refractivity (Wildman–Crippen MR) is 71.2 cm³/mol. The molecule has 18 heavy (non-hydrogen) atoms. The highest BCUT2D eigenvalue weighted by Gasteiger charge is 2.33. The molecular weight excluding hydrogens is 274 g/mol. The highest BCUT2D eigenvalue weighted by molar-refractivity contribution is 7.91. The molecular formula is C12H18ClNO3S. The summed E-state index contributed by atoms with van der Waals surface area (Å²) in [6.07, 6.45) is 5.99. The third-order valence-corrected chi connectivity index (χ3v) is 5.73. The van der Waals surface area contributed by atoms with Crippen molar-refractivity contribution in [2.24, 2.45) is 11.7 Å². The molecule has 0 amide bonds. The molecule has 102 valence electrons. The fourth-order valence-corrected chi connectivity index (χ4v) is 4.12. The molecule has 1 aromatic rings. The monoisotopic (exact) mass is 291 g/mol. The van der Waals surface area contributed by atoms with E-state index in [9.17, 15) is 8.42 Å². The maximum atomic E-state index is 11.6. The van der Waals surface area contributed by atoms with E-state index in [-0.39, 0.29) is 17.2 Å². The van der Waals surface area contributed by atoms with Crippen molar-refractivity contribution < 1.29 is 12.8 Å². The van der Waals surface area contributed by atoms with E-state index in [0.29, 0.717) is 11.6 Å². The molecule has 0 spiro atoms. The molecule has 1 heterocycles.